The molecule has 0 aliphatic heterocycles. The van der Waals surface area contributed by atoms with E-state index in [1.165, 1.54) is 0 Å². The maximum absolute atomic E-state index is 0. The topological polar surface area (TPSA) is 28.5 Å². The fourth-order valence-corrected chi connectivity index (χ4v) is 0. The molecule has 0 N–H and O–H groups in total. The molecule has 26 valence electrons. The van der Waals surface area contributed by atoms with Gasteiger partial charge in [0.15, 0.2) is 0 Å². The minimum atomic E-state index is 0. The molecule has 0 atom stereocenters. The molecule has 4 heteroatoms. The maximum Gasteiger partial charge on any atom is 2.00 e. The smallest absolute Gasteiger partial charge is 2.00 e. The molecule has 0 bridgehead atoms. The molecule has 0 saturated heterocycles. The van der Waals surface area contributed by atoms with Crippen LogP contribution in [-0.2, 0) is 57.6 Å². The third kappa shape index (κ3) is 9.59. The largest absolute Gasteiger partial charge is 2.00 e. The van der Waals surface area contributed by atoms with Crippen LogP contribution in [0.15, 0.2) is 0 Å². The summed E-state index contributed by atoms with van der Waals surface area (Å²) in [6.45, 7) is 0. The Kier molecular flexibility index (Phi) is 283. The van der Waals surface area contributed by atoms with Crippen molar-refractivity contribution in [3.05, 3.63) is 0 Å². The van der Waals surface area contributed by atoms with E-state index in [0.717, 1.165) is 0 Å². The first-order chi connectivity index (χ1) is 0. The summed E-state index contributed by atoms with van der Waals surface area (Å²) >= 11 is 0. The summed E-state index contributed by atoms with van der Waals surface area (Å²) in [5, 5.41) is 0. The van der Waals surface area contributed by atoms with E-state index in [1.54, 1.807) is 0 Å². The van der Waals surface area contributed by atoms with Gasteiger partial charge in [-0.2, -0.15) is 0 Å². The van der Waals surface area contributed by atoms with Crippen molar-refractivity contribution in [2.24, 2.45) is 0 Å². The molecular weight excluding hydrogens is 181 g/mol. The summed E-state index contributed by atoms with van der Waals surface area (Å²) in [7, 11) is 0. The van der Waals surface area contributed by atoms with E-state index in [2.05, 4.69) is 0 Å². The first kappa shape index (κ1) is 47.6. The predicted octanol–water partition coefficient (Wildman–Crippen LogP) is -0.126. The van der Waals surface area contributed by atoms with Crippen LogP contribution in [0.1, 0.15) is 0 Å². The second-order valence-corrected chi connectivity index (χ2v) is 0. The number of hydrogen-bond donors (Lipinski definition) is 0. The van der Waals surface area contributed by atoms with E-state index in [0.29, 0.717) is 0 Å². The summed E-state index contributed by atoms with van der Waals surface area (Å²) in [4.78, 5) is 0. The van der Waals surface area contributed by atoms with Gasteiger partial charge in [-0.1, -0.05) is 0 Å². The fourth-order valence-electron chi connectivity index (χ4n) is 0. The average Bonchev–Trinajstić information content (AvgIpc) is 0. The Labute approximate surface area is 57.5 Å². The van der Waals surface area contributed by atoms with Gasteiger partial charge >= 0.3 is 33.6 Å². The molecule has 0 aliphatic carbocycles. The first-order valence-corrected chi connectivity index (χ1v) is 0. The van der Waals surface area contributed by atoms with Crippen molar-refractivity contribution in [1.29, 1.82) is 0 Å². The second-order valence-electron chi connectivity index (χ2n) is 0. The van der Waals surface area contributed by atoms with Gasteiger partial charge in [-0.05, 0) is 0 Å². The van der Waals surface area contributed by atoms with Gasteiger partial charge in [-0.15, -0.1) is 0 Å². The zero-order valence-electron chi connectivity index (χ0n) is 1.55. The van der Waals surface area contributed by atoms with Crippen molar-refractivity contribution in [1.82, 2.24) is 0 Å². The zero-order chi connectivity index (χ0) is 0. The molecule has 0 aromatic heterocycles. The molecule has 0 aromatic rings. The molecule has 0 heterocycles. The molecule has 0 rings (SSSR count). The van der Waals surface area contributed by atoms with Crippen LogP contribution >= 0.6 is 0 Å². The molecule has 0 spiro atoms. The van der Waals surface area contributed by atoms with Crippen molar-refractivity contribution in [2.75, 3.05) is 0 Å². The van der Waals surface area contributed by atoms with E-state index in [9.17, 15) is 0 Å². The Hall–Kier alpha value is 1.56. The summed E-state index contributed by atoms with van der Waals surface area (Å²) in [5.41, 5.74) is 0. The van der Waals surface area contributed by atoms with Crippen molar-refractivity contribution >= 4 is 0 Å². The van der Waals surface area contributed by atoms with Gasteiger partial charge in [0.05, 0.1) is 0 Å². The number of rotatable bonds is 0. The van der Waals surface area contributed by atoms with Gasteiger partial charge in [0.25, 0.3) is 0 Å². The van der Waals surface area contributed by atoms with E-state index in [-0.39, 0.29) is 57.6 Å². The van der Waals surface area contributed by atoms with E-state index >= 15 is 0 Å². The normalized spacial score (nSPS) is 0. The molecule has 2 radical (unpaired) electrons. The van der Waals surface area contributed by atoms with Crippen LogP contribution in [0.2, 0.25) is 0 Å². The van der Waals surface area contributed by atoms with Gasteiger partial charge in [0, 0.05) is 18.6 Å². The minimum Gasteiger partial charge on any atom is -2.00 e. The van der Waals surface area contributed by atoms with Crippen LogP contribution in [-0.4, -0.2) is 0 Å². The Morgan fingerprint density at radius 2 is 1.00 bits per heavy atom. The average molecular weight is 181 g/mol. The van der Waals surface area contributed by atoms with Crippen LogP contribution in [0.5, 0.6) is 0 Å². The Balaban J connectivity index is 0. The van der Waals surface area contributed by atoms with E-state index in [4.69, 9.17) is 0 Å². The third-order valence-corrected chi connectivity index (χ3v) is 0. The number of hydrogen-bond acceptors (Lipinski definition) is 0. The van der Waals surface area contributed by atoms with Crippen molar-refractivity contribution in [3.63, 3.8) is 0 Å². The molecule has 0 fully saturated rings. The van der Waals surface area contributed by atoms with Crippen LogP contribution in [0, 0.1) is 0 Å². The zero-order valence-corrected chi connectivity index (χ0v) is 5.11. The second kappa shape index (κ2) is 23.8. The molecule has 0 aliphatic rings. The van der Waals surface area contributed by atoms with Crippen molar-refractivity contribution < 1.29 is 57.6 Å². The molecule has 0 aromatic carbocycles. The summed E-state index contributed by atoms with van der Waals surface area (Å²) in [6, 6.07) is 0. The Morgan fingerprint density at radius 3 is 1.00 bits per heavy atom. The molecule has 0 amide bonds. The standard InChI is InChI=1S/Mn.Ni.O.V/q2*+2;-2;. The molecule has 0 saturated carbocycles. The van der Waals surface area contributed by atoms with Gasteiger partial charge in [0.2, 0.25) is 0 Å². The molecular formula is MnNiOV+2. The minimum absolute atomic E-state index is 0. The van der Waals surface area contributed by atoms with Crippen LogP contribution in [0.4, 0.5) is 0 Å². The third-order valence-electron chi connectivity index (χ3n) is 0. The van der Waals surface area contributed by atoms with Crippen LogP contribution in [0.3, 0.4) is 0 Å². The fraction of sp³-hybridized carbons (Fsp3) is 0. The van der Waals surface area contributed by atoms with Crippen LogP contribution in [0.25, 0.3) is 0 Å². The monoisotopic (exact) mass is 180 g/mol. The molecule has 4 heavy (non-hydrogen) atoms. The predicted molar refractivity (Wildman–Crippen MR) is 0.686 cm³/mol. The molecule has 1 nitrogen and oxygen atoms in total. The summed E-state index contributed by atoms with van der Waals surface area (Å²) < 4.78 is 0. The molecule has 0 unspecified atom stereocenters. The van der Waals surface area contributed by atoms with Crippen molar-refractivity contribution in [2.45, 2.75) is 0 Å². The Morgan fingerprint density at radius 1 is 1.00 bits per heavy atom. The summed E-state index contributed by atoms with van der Waals surface area (Å²) in [6.07, 6.45) is 0. The van der Waals surface area contributed by atoms with Gasteiger partial charge < -0.3 is 5.48 Å². The van der Waals surface area contributed by atoms with Gasteiger partial charge in [-0.3, -0.25) is 0 Å². The first-order valence-electron chi connectivity index (χ1n) is 0. The van der Waals surface area contributed by atoms with E-state index in [1.807, 2.05) is 0 Å². The Bertz CT molecular complexity index is 8.00. The van der Waals surface area contributed by atoms with E-state index < -0.39 is 0 Å². The van der Waals surface area contributed by atoms with Crippen LogP contribution < -0.4 is 0 Å². The van der Waals surface area contributed by atoms with Crippen molar-refractivity contribution in [3.8, 4) is 0 Å². The van der Waals surface area contributed by atoms with Gasteiger partial charge in [0.1, 0.15) is 0 Å². The summed E-state index contributed by atoms with van der Waals surface area (Å²) in [5.74, 6) is 0. The van der Waals surface area contributed by atoms with Gasteiger partial charge in [-0.25, -0.2) is 0 Å². The maximum atomic E-state index is 0. The quantitative estimate of drug-likeness (QED) is 0.465. The SMILES string of the molecule is [Mn+2].[Ni+2].[O-2].[V].